The number of fused-ring (bicyclic) bond motifs is 3. The molecule has 1 aliphatic heterocycles. The molecule has 0 saturated carbocycles. The first-order valence-corrected chi connectivity index (χ1v) is 7.68. The summed E-state index contributed by atoms with van der Waals surface area (Å²) in [5, 5.41) is 0. The van der Waals surface area contributed by atoms with E-state index in [0.29, 0.717) is 28.7 Å². The Bertz CT molecular complexity index is 735. The Labute approximate surface area is 130 Å². The molecule has 1 aromatic heterocycles. The minimum absolute atomic E-state index is 0.139. The van der Waals surface area contributed by atoms with Crippen LogP contribution >= 0.6 is 23.6 Å². The minimum Gasteiger partial charge on any atom is -0.483 e. The van der Waals surface area contributed by atoms with E-state index in [-0.39, 0.29) is 6.61 Å². The van der Waals surface area contributed by atoms with E-state index in [1.54, 1.807) is 13.0 Å². The Kier molecular flexibility index (Phi) is 3.94. The van der Waals surface area contributed by atoms with Crippen LogP contribution in [0, 0.1) is 3.95 Å². The molecule has 0 bridgehead atoms. The van der Waals surface area contributed by atoms with Gasteiger partial charge in [0.2, 0.25) is 0 Å². The molecule has 7 heteroatoms. The van der Waals surface area contributed by atoms with Crippen molar-refractivity contribution in [2.45, 2.75) is 13.5 Å². The smallest absolute Gasteiger partial charge is 0.344 e. The monoisotopic (exact) mass is 323 g/mol. The van der Waals surface area contributed by atoms with Crippen LogP contribution < -0.4 is 9.47 Å². The van der Waals surface area contributed by atoms with Gasteiger partial charge in [0.25, 0.3) is 0 Å². The van der Waals surface area contributed by atoms with E-state index in [9.17, 15) is 4.79 Å². The number of para-hydroxylation sites is 1. The third-order valence-corrected chi connectivity index (χ3v) is 4.18. The van der Waals surface area contributed by atoms with E-state index in [1.165, 1.54) is 11.3 Å². The van der Waals surface area contributed by atoms with Crippen molar-refractivity contribution in [1.82, 2.24) is 4.98 Å². The minimum atomic E-state index is -0.401. The molecule has 21 heavy (non-hydrogen) atoms. The van der Waals surface area contributed by atoms with Gasteiger partial charge in [0.1, 0.15) is 6.61 Å². The third-order valence-electron chi connectivity index (χ3n) is 2.97. The van der Waals surface area contributed by atoms with Gasteiger partial charge in [0.05, 0.1) is 17.2 Å². The van der Waals surface area contributed by atoms with Crippen molar-refractivity contribution >= 4 is 29.5 Å². The quantitative estimate of drug-likeness (QED) is 0.691. The molecule has 0 spiro atoms. The highest BCUT2D eigenvalue weighted by atomic mass is 32.1. The van der Waals surface area contributed by atoms with Crippen molar-refractivity contribution in [2.75, 3.05) is 13.2 Å². The van der Waals surface area contributed by atoms with E-state index in [1.807, 2.05) is 12.1 Å². The van der Waals surface area contributed by atoms with E-state index in [2.05, 4.69) is 4.98 Å². The van der Waals surface area contributed by atoms with Gasteiger partial charge in [0, 0.05) is 5.56 Å². The van der Waals surface area contributed by atoms with Crippen molar-refractivity contribution < 1.29 is 19.0 Å². The zero-order chi connectivity index (χ0) is 14.8. The van der Waals surface area contributed by atoms with Crippen LogP contribution in [0.4, 0.5) is 0 Å². The van der Waals surface area contributed by atoms with Gasteiger partial charge in [0.15, 0.2) is 22.1 Å². The molecule has 0 atom stereocenters. The molecule has 0 unspecified atom stereocenters. The summed E-state index contributed by atoms with van der Waals surface area (Å²) in [6.45, 7) is 2.40. The summed E-state index contributed by atoms with van der Waals surface area (Å²) < 4.78 is 16.8. The molecule has 2 heterocycles. The number of hydrogen-bond donors (Lipinski definition) is 1. The Hall–Kier alpha value is -1.86. The molecule has 0 fully saturated rings. The summed E-state index contributed by atoms with van der Waals surface area (Å²) >= 11 is 6.68. The Balaban J connectivity index is 1.89. The number of aromatic nitrogens is 1. The Morgan fingerprint density at radius 1 is 1.52 bits per heavy atom. The van der Waals surface area contributed by atoms with Gasteiger partial charge < -0.3 is 19.2 Å². The fourth-order valence-corrected chi connectivity index (χ4v) is 3.29. The number of carbonyl (C=O) groups excluding carboxylic acids is 1. The number of thiazole rings is 1. The number of ether oxygens (including phenoxy) is 3. The molecule has 2 aromatic rings. The summed E-state index contributed by atoms with van der Waals surface area (Å²) in [6.07, 6.45) is 0. The zero-order valence-corrected chi connectivity index (χ0v) is 12.9. The lowest BCUT2D eigenvalue weighted by Gasteiger charge is -2.19. The molecule has 5 nitrogen and oxygen atoms in total. The molecule has 0 radical (unpaired) electrons. The predicted octanol–water partition coefficient (Wildman–Crippen LogP) is 3.31. The maximum Gasteiger partial charge on any atom is 0.344 e. The third kappa shape index (κ3) is 2.79. The molecule has 0 amide bonds. The first kappa shape index (κ1) is 14.1. The fourth-order valence-electron chi connectivity index (χ4n) is 2.13. The highest BCUT2D eigenvalue weighted by Gasteiger charge is 2.23. The second kappa shape index (κ2) is 5.87. The van der Waals surface area contributed by atoms with Crippen molar-refractivity contribution in [3.05, 3.63) is 27.0 Å². The lowest BCUT2D eigenvalue weighted by Crippen LogP contribution is -2.15. The number of nitrogens with one attached hydrogen (secondary N) is 1. The van der Waals surface area contributed by atoms with E-state index < -0.39 is 5.97 Å². The van der Waals surface area contributed by atoms with Crippen molar-refractivity contribution in [3.8, 4) is 22.8 Å². The number of aromatic amines is 1. The average molecular weight is 323 g/mol. The number of rotatable bonds is 4. The van der Waals surface area contributed by atoms with Crippen LogP contribution in [-0.2, 0) is 16.1 Å². The number of benzene rings is 1. The normalized spacial score (nSPS) is 12.0. The Morgan fingerprint density at radius 3 is 3.19 bits per heavy atom. The predicted molar refractivity (Wildman–Crippen MR) is 81.4 cm³/mol. The summed E-state index contributed by atoms with van der Waals surface area (Å²) in [5.41, 5.74) is 1.86. The summed E-state index contributed by atoms with van der Waals surface area (Å²) in [7, 11) is 0. The van der Waals surface area contributed by atoms with E-state index >= 15 is 0 Å². The van der Waals surface area contributed by atoms with Crippen LogP contribution in [0.15, 0.2) is 18.2 Å². The first-order valence-electron chi connectivity index (χ1n) is 6.45. The van der Waals surface area contributed by atoms with Gasteiger partial charge in [-0.2, -0.15) is 0 Å². The molecule has 3 rings (SSSR count). The lowest BCUT2D eigenvalue weighted by molar-refractivity contribution is -0.145. The highest BCUT2D eigenvalue weighted by Crippen LogP contribution is 2.44. The molecule has 1 aromatic carbocycles. The van der Waals surface area contributed by atoms with Crippen molar-refractivity contribution in [3.63, 3.8) is 0 Å². The van der Waals surface area contributed by atoms with Gasteiger partial charge in [-0.15, -0.1) is 11.3 Å². The summed E-state index contributed by atoms with van der Waals surface area (Å²) in [4.78, 5) is 15.6. The van der Waals surface area contributed by atoms with Crippen LogP contribution in [0.25, 0.3) is 11.3 Å². The number of hydrogen-bond acceptors (Lipinski definition) is 6. The van der Waals surface area contributed by atoms with Crippen LogP contribution in [0.2, 0.25) is 0 Å². The number of esters is 1. The maximum absolute atomic E-state index is 11.4. The van der Waals surface area contributed by atoms with Crippen LogP contribution in [-0.4, -0.2) is 24.2 Å². The molecule has 110 valence electrons. The van der Waals surface area contributed by atoms with Crippen molar-refractivity contribution in [2.24, 2.45) is 0 Å². The van der Waals surface area contributed by atoms with Gasteiger partial charge in [-0.05, 0) is 31.3 Å². The lowest BCUT2D eigenvalue weighted by atomic mass is 10.1. The van der Waals surface area contributed by atoms with Crippen LogP contribution in [0.5, 0.6) is 11.5 Å². The van der Waals surface area contributed by atoms with Gasteiger partial charge in [-0.3, -0.25) is 0 Å². The number of H-pyrrole nitrogens is 1. The standard InChI is InChI=1S/C14H13NO4S2/c1-2-17-11(16)7-18-9-5-3-4-8-12-10(6-19-13(8)9)21-14(20)15-12/h3-5H,2,6-7H2,1H3,(H,15,20). The first-order chi connectivity index (χ1) is 10.2. The van der Waals surface area contributed by atoms with E-state index in [4.69, 9.17) is 26.4 Å². The molecule has 1 aliphatic rings. The molecular weight excluding hydrogens is 310 g/mol. The molecule has 0 aliphatic carbocycles. The van der Waals surface area contributed by atoms with Crippen LogP contribution in [0.1, 0.15) is 11.8 Å². The SMILES string of the molecule is CCOC(=O)COc1cccc2c1OCc1sc(=S)[nH]c1-2. The van der Waals surface area contributed by atoms with E-state index in [0.717, 1.165) is 16.1 Å². The zero-order valence-electron chi connectivity index (χ0n) is 11.3. The highest BCUT2D eigenvalue weighted by molar-refractivity contribution is 7.73. The average Bonchev–Trinajstić information content (AvgIpc) is 2.86. The Morgan fingerprint density at radius 2 is 2.38 bits per heavy atom. The summed E-state index contributed by atoms with van der Waals surface area (Å²) in [5.74, 6) is 0.747. The maximum atomic E-state index is 11.4. The second-order valence-corrected chi connectivity index (χ2v) is 6.10. The summed E-state index contributed by atoms with van der Waals surface area (Å²) in [6, 6.07) is 5.55. The molecule has 1 N–H and O–H groups in total. The fraction of sp³-hybridized carbons (Fsp3) is 0.286. The number of carbonyl (C=O) groups is 1. The van der Waals surface area contributed by atoms with Crippen LogP contribution in [0.3, 0.4) is 0 Å². The van der Waals surface area contributed by atoms with Crippen molar-refractivity contribution in [1.29, 1.82) is 0 Å². The van der Waals surface area contributed by atoms with Gasteiger partial charge >= 0.3 is 5.97 Å². The van der Waals surface area contributed by atoms with Gasteiger partial charge in [-0.1, -0.05) is 6.07 Å². The topological polar surface area (TPSA) is 60.6 Å². The largest absolute Gasteiger partial charge is 0.483 e. The molecular formula is C14H13NO4S2. The van der Waals surface area contributed by atoms with Gasteiger partial charge in [-0.25, -0.2) is 4.79 Å². The molecule has 0 saturated heterocycles. The second-order valence-electron chi connectivity index (χ2n) is 4.33.